The first-order valence-corrected chi connectivity index (χ1v) is 6.05. The van der Waals surface area contributed by atoms with Gasteiger partial charge in [0.15, 0.2) is 0 Å². The molecule has 1 aromatic rings. The van der Waals surface area contributed by atoms with E-state index in [2.05, 4.69) is 19.2 Å². The van der Waals surface area contributed by atoms with Gasteiger partial charge < -0.3 is 15.8 Å². The lowest BCUT2D eigenvalue weighted by molar-refractivity contribution is 0.265. The zero-order chi connectivity index (χ0) is 13.1. The van der Waals surface area contributed by atoms with E-state index in [0.717, 1.165) is 5.56 Å². The molecule has 1 aromatic carbocycles. The first-order valence-electron chi connectivity index (χ1n) is 5.67. The molecule has 4 heteroatoms. The fourth-order valence-electron chi connectivity index (χ4n) is 1.99. The Morgan fingerprint density at radius 3 is 2.53 bits per heavy atom. The summed E-state index contributed by atoms with van der Waals surface area (Å²) in [6, 6.07) is 5.99. The molecule has 1 rings (SSSR count). The van der Waals surface area contributed by atoms with E-state index < -0.39 is 0 Å². The Labute approximate surface area is 108 Å². The normalized spacial score (nSPS) is 13.5. The second kappa shape index (κ2) is 5.71. The zero-order valence-corrected chi connectivity index (χ0v) is 11.6. The van der Waals surface area contributed by atoms with Crippen LogP contribution >= 0.6 is 11.6 Å². The number of nitrogens with two attached hydrogens (primary N) is 1. The van der Waals surface area contributed by atoms with E-state index in [4.69, 9.17) is 22.1 Å². The number of methoxy groups -OCH3 is 1. The molecule has 0 fully saturated rings. The summed E-state index contributed by atoms with van der Waals surface area (Å²) in [4.78, 5) is 0. The highest BCUT2D eigenvalue weighted by Crippen LogP contribution is 2.35. The summed E-state index contributed by atoms with van der Waals surface area (Å²) in [6.07, 6.45) is 0. The van der Waals surface area contributed by atoms with Crippen LogP contribution in [0.5, 0.6) is 5.75 Å². The van der Waals surface area contributed by atoms with Gasteiger partial charge in [0.05, 0.1) is 12.1 Å². The fourth-order valence-corrected chi connectivity index (χ4v) is 2.25. The van der Waals surface area contributed by atoms with E-state index in [0.29, 0.717) is 17.3 Å². The number of ether oxygens (including phenoxy) is 1. The van der Waals surface area contributed by atoms with E-state index in [1.54, 1.807) is 7.11 Å². The maximum atomic E-state index is 6.14. The Kier molecular flexibility index (Phi) is 4.80. The van der Waals surface area contributed by atoms with Crippen LogP contribution in [0.2, 0.25) is 5.02 Å². The molecule has 0 spiro atoms. The summed E-state index contributed by atoms with van der Waals surface area (Å²) in [5, 5.41) is 3.92. The summed E-state index contributed by atoms with van der Waals surface area (Å²) in [5.41, 5.74) is 6.90. The molecule has 0 amide bonds. The molecular formula is C13H21ClN2O. The van der Waals surface area contributed by atoms with Crippen molar-refractivity contribution in [3.63, 3.8) is 0 Å². The van der Waals surface area contributed by atoms with Gasteiger partial charge in [-0.1, -0.05) is 31.5 Å². The third kappa shape index (κ3) is 3.12. The lowest BCUT2D eigenvalue weighted by Crippen LogP contribution is -2.37. The van der Waals surface area contributed by atoms with Crippen LogP contribution in [0.3, 0.4) is 0 Å². The van der Waals surface area contributed by atoms with Gasteiger partial charge in [-0.15, -0.1) is 0 Å². The van der Waals surface area contributed by atoms with Crippen molar-refractivity contribution < 1.29 is 4.74 Å². The fraction of sp³-hybridized carbons (Fsp3) is 0.538. The molecular weight excluding hydrogens is 236 g/mol. The van der Waals surface area contributed by atoms with Crippen molar-refractivity contribution in [2.45, 2.75) is 19.9 Å². The second-order valence-corrected chi connectivity index (χ2v) is 5.22. The van der Waals surface area contributed by atoms with Gasteiger partial charge in [0, 0.05) is 6.04 Å². The molecule has 3 nitrogen and oxygen atoms in total. The number of hydrogen-bond acceptors (Lipinski definition) is 3. The molecule has 3 N–H and O–H groups in total. The number of rotatable bonds is 5. The number of benzene rings is 1. The molecule has 0 aliphatic carbocycles. The molecule has 0 heterocycles. The van der Waals surface area contributed by atoms with Gasteiger partial charge in [-0.3, -0.25) is 0 Å². The minimum Gasteiger partial charge on any atom is -0.495 e. The first kappa shape index (κ1) is 14.3. The van der Waals surface area contributed by atoms with Crippen LogP contribution in [0.4, 0.5) is 0 Å². The Morgan fingerprint density at radius 1 is 1.47 bits per heavy atom. The number of hydrogen-bond donors (Lipinski definition) is 2. The highest BCUT2D eigenvalue weighted by Gasteiger charge is 2.28. The maximum absolute atomic E-state index is 6.14. The third-order valence-corrected chi connectivity index (χ3v) is 3.40. The van der Waals surface area contributed by atoms with Gasteiger partial charge in [-0.2, -0.15) is 0 Å². The molecule has 1 unspecified atom stereocenters. The first-order chi connectivity index (χ1) is 7.96. The van der Waals surface area contributed by atoms with Crippen molar-refractivity contribution in [3.8, 4) is 5.75 Å². The van der Waals surface area contributed by atoms with Crippen molar-refractivity contribution >= 4 is 11.6 Å². The van der Waals surface area contributed by atoms with E-state index in [-0.39, 0.29) is 11.5 Å². The van der Waals surface area contributed by atoms with Gasteiger partial charge in [0.2, 0.25) is 0 Å². The van der Waals surface area contributed by atoms with Crippen LogP contribution in [0.15, 0.2) is 18.2 Å². The smallest absolute Gasteiger partial charge is 0.137 e. The maximum Gasteiger partial charge on any atom is 0.137 e. The van der Waals surface area contributed by atoms with Gasteiger partial charge in [-0.05, 0) is 36.7 Å². The Hall–Kier alpha value is -0.770. The minimum absolute atomic E-state index is 0.0351. The summed E-state index contributed by atoms with van der Waals surface area (Å²) < 4.78 is 5.15. The molecule has 0 aromatic heterocycles. The Morgan fingerprint density at radius 2 is 2.12 bits per heavy atom. The summed E-state index contributed by atoms with van der Waals surface area (Å²) in [7, 11) is 3.54. The SMILES string of the molecule is CNC(c1ccc(OC)c(Cl)c1)C(C)(C)CN. The summed E-state index contributed by atoms with van der Waals surface area (Å²) >= 11 is 6.14. The van der Waals surface area contributed by atoms with Crippen LogP contribution in [-0.2, 0) is 0 Å². The minimum atomic E-state index is -0.0351. The standard InChI is InChI=1S/C13H21ClN2O/c1-13(2,8-15)12(16-3)9-5-6-11(17-4)10(14)7-9/h5-7,12,16H,8,15H2,1-4H3. The van der Waals surface area contributed by atoms with E-state index >= 15 is 0 Å². The van der Waals surface area contributed by atoms with Gasteiger partial charge >= 0.3 is 0 Å². The van der Waals surface area contributed by atoms with E-state index in [1.165, 1.54) is 0 Å². The molecule has 0 aliphatic rings. The molecule has 0 saturated carbocycles. The molecule has 0 bridgehead atoms. The van der Waals surface area contributed by atoms with Crippen molar-refractivity contribution in [3.05, 3.63) is 28.8 Å². The van der Waals surface area contributed by atoms with Crippen molar-refractivity contribution in [2.75, 3.05) is 20.7 Å². The van der Waals surface area contributed by atoms with Crippen LogP contribution in [0, 0.1) is 5.41 Å². The molecule has 96 valence electrons. The monoisotopic (exact) mass is 256 g/mol. The highest BCUT2D eigenvalue weighted by molar-refractivity contribution is 6.32. The third-order valence-electron chi connectivity index (χ3n) is 3.11. The van der Waals surface area contributed by atoms with E-state index in [9.17, 15) is 0 Å². The molecule has 0 radical (unpaired) electrons. The van der Waals surface area contributed by atoms with Gasteiger partial charge in [-0.25, -0.2) is 0 Å². The zero-order valence-electron chi connectivity index (χ0n) is 10.9. The topological polar surface area (TPSA) is 47.3 Å². The Bertz CT molecular complexity index is 380. The van der Waals surface area contributed by atoms with E-state index in [1.807, 2.05) is 25.2 Å². The average molecular weight is 257 g/mol. The predicted octanol–water partition coefficient (Wildman–Crippen LogP) is 2.59. The van der Waals surface area contributed by atoms with Gasteiger partial charge in [0.1, 0.15) is 5.75 Å². The summed E-state index contributed by atoms with van der Waals surface area (Å²) in [6.45, 7) is 4.86. The van der Waals surface area contributed by atoms with Crippen molar-refractivity contribution in [2.24, 2.45) is 11.1 Å². The van der Waals surface area contributed by atoms with Crippen LogP contribution in [0.25, 0.3) is 0 Å². The van der Waals surface area contributed by atoms with Crippen molar-refractivity contribution in [1.82, 2.24) is 5.32 Å². The molecule has 1 atom stereocenters. The molecule has 17 heavy (non-hydrogen) atoms. The van der Waals surface area contributed by atoms with Crippen LogP contribution in [-0.4, -0.2) is 20.7 Å². The largest absolute Gasteiger partial charge is 0.495 e. The predicted molar refractivity (Wildman–Crippen MR) is 72.6 cm³/mol. The van der Waals surface area contributed by atoms with Gasteiger partial charge in [0.25, 0.3) is 0 Å². The highest BCUT2D eigenvalue weighted by atomic mass is 35.5. The number of halogens is 1. The second-order valence-electron chi connectivity index (χ2n) is 4.81. The average Bonchev–Trinajstić information content (AvgIpc) is 2.30. The van der Waals surface area contributed by atoms with Crippen LogP contribution < -0.4 is 15.8 Å². The lowest BCUT2D eigenvalue weighted by atomic mass is 9.80. The molecule has 0 saturated heterocycles. The number of nitrogens with one attached hydrogen (secondary N) is 1. The summed E-state index contributed by atoms with van der Waals surface area (Å²) in [5.74, 6) is 0.691. The quantitative estimate of drug-likeness (QED) is 0.851. The lowest BCUT2D eigenvalue weighted by Gasteiger charge is -2.33. The van der Waals surface area contributed by atoms with Crippen LogP contribution in [0.1, 0.15) is 25.5 Å². The van der Waals surface area contributed by atoms with Crippen molar-refractivity contribution in [1.29, 1.82) is 0 Å². The Balaban J connectivity index is 3.09. The molecule has 0 aliphatic heterocycles.